The number of aliphatic hydroxyl groups is 2. The van der Waals surface area contributed by atoms with Gasteiger partial charge in [0, 0.05) is 36.6 Å². The zero-order valence-electron chi connectivity index (χ0n) is 47.1. The van der Waals surface area contributed by atoms with Crippen molar-refractivity contribution in [1.82, 2.24) is 20.4 Å². The van der Waals surface area contributed by atoms with E-state index in [-0.39, 0.29) is 104 Å². The number of amides is 7. The molecule has 0 fully saturated rings. The molecule has 0 aromatic heterocycles. The van der Waals surface area contributed by atoms with Crippen LogP contribution < -0.4 is 45.5 Å². The van der Waals surface area contributed by atoms with Crippen LogP contribution in [0.3, 0.4) is 0 Å². The summed E-state index contributed by atoms with van der Waals surface area (Å²) in [5.74, 6) is -1.94. The van der Waals surface area contributed by atoms with Gasteiger partial charge in [-0.25, -0.2) is 14.4 Å². The fourth-order valence-electron chi connectivity index (χ4n) is 8.46. The summed E-state index contributed by atoms with van der Waals surface area (Å²) in [5, 5.41) is 33.5. The third kappa shape index (κ3) is 17.7. The van der Waals surface area contributed by atoms with Gasteiger partial charge in [-0.05, 0) is 80.5 Å². The van der Waals surface area contributed by atoms with E-state index in [4.69, 9.17) is 33.2 Å². The van der Waals surface area contributed by atoms with Crippen molar-refractivity contribution in [2.45, 2.75) is 84.7 Å². The number of ether oxygens (including phenoxy) is 7. The zero-order chi connectivity index (χ0) is 59.9. The lowest BCUT2D eigenvalue weighted by molar-refractivity contribution is -0.128. The summed E-state index contributed by atoms with van der Waals surface area (Å²) in [7, 11) is 2.77. The van der Waals surface area contributed by atoms with Crippen LogP contribution in [-0.2, 0) is 30.4 Å². The molecule has 0 radical (unpaired) electrons. The van der Waals surface area contributed by atoms with Crippen LogP contribution in [0.2, 0.25) is 0 Å². The smallest absolute Gasteiger partial charge is 0.411 e. The Morgan fingerprint density at radius 2 is 1.11 bits per heavy atom. The number of rotatable bonds is 28. The van der Waals surface area contributed by atoms with E-state index < -0.39 is 66.1 Å². The van der Waals surface area contributed by atoms with Gasteiger partial charge >= 0.3 is 18.3 Å². The van der Waals surface area contributed by atoms with Crippen molar-refractivity contribution in [2.24, 2.45) is 5.92 Å². The number of nitrogens with zero attached hydrogens (tertiary/aromatic N) is 2. The van der Waals surface area contributed by atoms with Crippen LogP contribution in [0.25, 0.3) is 0 Å². The number of anilines is 3. The molecule has 7 N–H and O–H groups in total. The standard InChI is InChI=1S/C59H73N7O16/c1-10-15-39-25-42(33-67)65(31-39)55(71)44-27-48(76-8)50(29-46(44)62-57(73)80-21-12-3)78-23-14-24-79-51-30-47(45(28-49(51)77-9)56(72)66-32-40(16-11-2)26-43(66)34-68)63-58(74)82-35-38-17-19-41(20-18-38)61-53(69)37(7)60-54(70)52(36(5)6)64-59(75)81-22-13-4/h10-13,15-20,27-32,36-37,42-43,52,67-68H,3-4,14,21-26,33-35H2,1-2,5-9H3,(H,60,70)(H,61,69)(H,62,73)(H,63,74)(H,64,75)/b15-10+,16-11+/t37?,42-,43-,52?/m0/s1. The van der Waals surface area contributed by atoms with Gasteiger partial charge in [0.15, 0.2) is 23.0 Å². The maximum absolute atomic E-state index is 14.4. The lowest BCUT2D eigenvalue weighted by Crippen LogP contribution is -2.53. The quantitative estimate of drug-likeness (QED) is 0.0208. The summed E-state index contributed by atoms with van der Waals surface area (Å²) >= 11 is 0. The van der Waals surface area contributed by atoms with E-state index >= 15 is 0 Å². The lowest BCUT2D eigenvalue weighted by Gasteiger charge is -2.24. The van der Waals surface area contributed by atoms with Gasteiger partial charge in [0.25, 0.3) is 11.8 Å². The molecule has 2 heterocycles. The Balaban J connectivity index is 1.29. The van der Waals surface area contributed by atoms with Gasteiger partial charge in [-0.3, -0.25) is 29.8 Å². The number of nitrogens with one attached hydrogen (secondary N) is 5. The molecule has 23 heteroatoms. The number of aliphatic hydroxyl groups excluding tert-OH is 2. The van der Waals surface area contributed by atoms with Gasteiger partial charge in [-0.15, -0.1) is 0 Å². The van der Waals surface area contributed by atoms with E-state index in [9.17, 15) is 43.8 Å². The minimum absolute atomic E-state index is 0.00665. The summed E-state index contributed by atoms with van der Waals surface area (Å²) in [6.07, 6.45) is 11.8. The first kappa shape index (κ1) is 63.7. The van der Waals surface area contributed by atoms with E-state index in [0.29, 0.717) is 24.1 Å². The van der Waals surface area contributed by atoms with Crippen molar-refractivity contribution in [3.63, 3.8) is 0 Å². The van der Waals surface area contributed by atoms with E-state index in [2.05, 4.69) is 39.7 Å². The van der Waals surface area contributed by atoms with Crippen molar-refractivity contribution in [1.29, 1.82) is 0 Å². The molecule has 0 saturated carbocycles. The molecule has 3 aromatic rings. The number of benzene rings is 3. The maximum atomic E-state index is 14.4. The molecular weight excluding hydrogens is 1060 g/mol. The van der Waals surface area contributed by atoms with Gasteiger partial charge in [0.05, 0.1) is 75.2 Å². The fraction of sp³-hybridized carbons (Fsp3) is 0.373. The number of carbonyl (C=O) groups is 7. The zero-order valence-corrected chi connectivity index (χ0v) is 47.1. The predicted octanol–water partition coefficient (Wildman–Crippen LogP) is 7.75. The average Bonchev–Trinajstić information content (AvgIpc) is 4.28. The molecule has 0 bridgehead atoms. The van der Waals surface area contributed by atoms with Gasteiger partial charge in [-0.1, -0.05) is 75.6 Å². The molecule has 82 heavy (non-hydrogen) atoms. The second kappa shape index (κ2) is 31.6. The van der Waals surface area contributed by atoms with Crippen LogP contribution in [0, 0.1) is 5.92 Å². The Kier molecular flexibility index (Phi) is 24.6. The normalized spacial score (nSPS) is 15.4. The fourth-order valence-corrected chi connectivity index (χ4v) is 8.46. The SMILES string of the molecule is C=CCOC(=O)Nc1cc(OCCCOc2cc(NC(=O)OCc3ccc(NC(=O)C(C)NC(=O)C(NC(=O)OCC=C)C(C)C)cc3)c(C(=O)N3C=C(/C=C/C)C[C@H]3CO)cc2OC)c(OC)cc1C(=O)N1C=C(/C=C/C)C[C@H]1CO. The molecule has 440 valence electrons. The van der Waals surface area contributed by atoms with Gasteiger partial charge in [-0.2, -0.15) is 0 Å². The third-order valence-corrected chi connectivity index (χ3v) is 12.6. The molecule has 0 saturated heterocycles. The van der Waals surface area contributed by atoms with Gasteiger partial charge in [0.1, 0.15) is 31.9 Å². The van der Waals surface area contributed by atoms with Crippen molar-refractivity contribution in [3.05, 3.63) is 138 Å². The summed E-state index contributed by atoms with van der Waals surface area (Å²) in [6.45, 7) is 14.7. The molecule has 2 aliphatic rings. The van der Waals surface area contributed by atoms with Crippen LogP contribution in [0.5, 0.6) is 23.0 Å². The highest BCUT2D eigenvalue weighted by molar-refractivity contribution is 6.05. The number of allylic oxidation sites excluding steroid dienone is 4. The molecule has 2 unspecified atom stereocenters. The van der Waals surface area contributed by atoms with Crippen LogP contribution in [-0.4, -0.2) is 140 Å². The van der Waals surface area contributed by atoms with Crippen molar-refractivity contribution in [3.8, 4) is 23.0 Å². The van der Waals surface area contributed by atoms with E-state index in [1.54, 1.807) is 50.5 Å². The monoisotopic (exact) mass is 1140 g/mol. The number of hydrogen-bond acceptors (Lipinski definition) is 16. The molecule has 4 atom stereocenters. The van der Waals surface area contributed by atoms with Crippen LogP contribution in [0.15, 0.2) is 122 Å². The highest BCUT2D eigenvalue weighted by Gasteiger charge is 2.34. The molecule has 23 nitrogen and oxygen atoms in total. The molecule has 5 rings (SSSR count). The maximum Gasteiger partial charge on any atom is 0.411 e. The number of hydrogen-bond donors (Lipinski definition) is 7. The van der Waals surface area contributed by atoms with Crippen molar-refractivity contribution in [2.75, 3.05) is 69.8 Å². The van der Waals surface area contributed by atoms with Crippen molar-refractivity contribution >= 4 is 59.0 Å². The van der Waals surface area contributed by atoms with Gasteiger partial charge in [0.2, 0.25) is 11.8 Å². The highest BCUT2D eigenvalue weighted by Crippen LogP contribution is 2.38. The summed E-state index contributed by atoms with van der Waals surface area (Å²) in [4.78, 5) is 95.8. The minimum Gasteiger partial charge on any atom is -0.493 e. The first-order valence-corrected chi connectivity index (χ1v) is 26.4. The summed E-state index contributed by atoms with van der Waals surface area (Å²) < 4.78 is 39.2. The van der Waals surface area contributed by atoms with E-state index in [1.807, 2.05) is 38.2 Å². The Morgan fingerprint density at radius 1 is 0.634 bits per heavy atom. The third-order valence-electron chi connectivity index (χ3n) is 12.6. The second-order valence-corrected chi connectivity index (χ2v) is 18.9. The largest absolute Gasteiger partial charge is 0.493 e. The van der Waals surface area contributed by atoms with Crippen LogP contribution >= 0.6 is 0 Å². The van der Waals surface area contributed by atoms with Crippen molar-refractivity contribution < 1.29 is 76.9 Å². The van der Waals surface area contributed by atoms with E-state index in [0.717, 1.165) is 11.1 Å². The molecular formula is C59H73N7O16. The first-order chi connectivity index (χ1) is 39.4. The van der Waals surface area contributed by atoms with Crippen LogP contribution in [0.1, 0.15) is 80.2 Å². The lowest BCUT2D eigenvalue weighted by atomic mass is 10.0. The van der Waals surface area contributed by atoms with Gasteiger partial charge < -0.3 is 69.1 Å². The first-order valence-electron chi connectivity index (χ1n) is 26.4. The molecule has 0 aliphatic carbocycles. The Morgan fingerprint density at radius 3 is 1.55 bits per heavy atom. The number of methoxy groups -OCH3 is 2. The number of carbonyl (C=O) groups excluding carboxylic acids is 7. The Hall–Kier alpha value is -9.09. The summed E-state index contributed by atoms with van der Waals surface area (Å²) in [6, 6.07) is 8.93. The molecule has 7 amide bonds. The average molecular weight is 1140 g/mol. The van der Waals surface area contributed by atoms with Crippen LogP contribution in [0.4, 0.5) is 31.4 Å². The summed E-state index contributed by atoms with van der Waals surface area (Å²) in [5.41, 5.74) is 2.61. The molecule has 3 aromatic carbocycles. The molecule has 2 aliphatic heterocycles. The Bertz CT molecular complexity index is 2920. The highest BCUT2D eigenvalue weighted by atomic mass is 16.6. The van der Waals surface area contributed by atoms with E-state index in [1.165, 1.54) is 67.4 Å². The minimum atomic E-state index is -0.995. The topological polar surface area (TPSA) is 291 Å². The molecule has 0 spiro atoms. The number of alkyl carbamates (subject to hydrolysis) is 1. The second-order valence-electron chi connectivity index (χ2n) is 18.9. The predicted molar refractivity (Wildman–Crippen MR) is 306 cm³/mol. The Labute approximate surface area is 476 Å².